The quantitative estimate of drug-likeness (QED) is 0.808. The highest BCUT2D eigenvalue weighted by Crippen LogP contribution is 2.15. The van der Waals surface area contributed by atoms with Gasteiger partial charge in [0.1, 0.15) is 0 Å². The number of piperidine rings is 1. The standard InChI is InChI=1S/C12H19N3O3/c1-15-4-2-9(3-5-15)7-13-8-10-6-11(12(16)17)14-18-10/h6,9,13H,2-5,7-8H2,1H3,(H,16,17). The van der Waals surface area contributed by atoms with E-state index in [9.17, 15) is 4.79 Å². The lowest BCUT2D eigenvalue weighted by Crippen LogP contribution is -2.34. The maximum Gasteiger partial charge on any atom is 0.358 e. The van der Waals surface area contributed by atoms with E-state index >= 15 is 0 Å². The molecule has 2 heterocycles. The first-order valence-electron chi connectivity index (χ1n) is 6.23. The smallest absolute Gasteiger partial charge is 0.358 e. The van der Waals surface area contributed by atoms with Crippen LogP contribution in [-0.4, -0.2) is 47.8 Å². The minimum Gasteiger partial charge on any atom is -0.476 e. The number of rotatable bonds is 5. The molecule has 0 spiro atoms. The summed E-state index contributed by atoms with van der Waals surface area (Å²) in [6.07, 6.45) is 2.42. The highest BCUT2D eigenvalue weighted by Gasteiger charge is 2.16. The van der Waals surface area contributed by atoms with Crippen LogP contribution >= 0.6 is 0 Å². The molecular formula is C12H19N3O3. The molecule has 1 fully saturated rings. The van der Waals surface area contributed by atoms with Gasteiger partial charge in [0.25, 0.3) is 0 Å². The van der Waals surface area contributed by atoms with E-state index in [4.69, 9.17) is 9.63 Å². The van der Waals surface area contributed by atoms with Crippen LogP contribution in [0.4, 0.5) is 0 Å². The number of carboxylic acid groups (broad SMARTS) is 1. The van der Waals surface area contributed by atoms with Crippen LogP contribution in [0.15, 0.2) is 10.6 Å². The molecule has 100 valence electrons. The van der Waals surface area contributed by atoms with E-state index in [1.54, 1.807) is 0 Å². The molecule has 2 N–H and O–H groups in total. The second-order valence-electron chi connectivity index (χ2n) is 4.86. The van der Waals surface area contributed by atoms with Gasteiger partial charge in [0.05, 0.1) is 6.54 Å². The van der Waals surface area contributed by atoms with Crippen LogP contribution < -0.4 is 5.32 Å². The van der Waals surface area contributed by atoms with Gasteiger partial charge in [0, 0.05) is 6.07 Å². The third-order valence-corrected chi connectivity index (χ3v) is 3.35. The molecule has 1 aliphatic heterocycles. The van der Waals surface area contributed by atoms with E-state index < -0.39 is 5.97 Å². The lowest BCUT2D eigenvalue weighted by Gasteiger charge is -2.28. The number of likely N-dealkylation sites (tertiary alicyclic amines) is 1. The molecule has 0 aromatic carbocycles. The summed E-state index contributed by atoms with van der Waals surface area (Å²) in [4.78, 5) is 13.0. The Morgan fingerprint density at radius 3 is 2.94 bits per heavy atom. The van der Waals surface area contributed by atoms with Crippen LogP contribution in [0, 0.1) is 5.92 Å². The van der Waals surface area contributed by atoms with Gasteiger partial charge in [-0.15, -0.1) is 0 Å². The van der Waals surface area contributed by atoms with Crippen molar-refractivity contribution in [2.75, 3.05) is 26.7 Å². The summed E-state index contributed by atoms with van der Waals surface area (Å²) in [5.74, 6) is 0.212. The number of carbonyl (C=O) groups is 1. The summed E-state index contributed by atoms with van der Waals surface area (Å²) < 4.78 is 4.93. The van der Waals surface area contributed by atoms with Gasteiger partial charge in [-0.1, -0.05) is 5.16 Å². The molecule has 0 amide bonds. The van der Waals surface area contributed by atoms with Gasteiger partial charge in [-0.25, -0.2) is 4.79 Å². The second kappa shape index (κ2) is 5.97. The van der Waals surface area contributed by atoms with E-state index in [1.165, 1.54) is 18.9 Å². The van der Waals surface area contributed by atoms with Gasteiger partial charge in [0.2, 0.25) is 0 Å². The lowest BCUT2D eigenvalue weighted by molar-refractivity contribution is 0.0685. The molecule has 2 rings (SSSR count). The number of nitrogens with zero attached hydrogens (tertiary/aromatic N) is 2. The van der Waals surface area contributed by atoms with Crippen LogP contribution in [0.5, 0.6) is 0 Å². The van der Waals surface area contributed by atoms with Gasteiger partial charge >= 0.3 is 5.97 Å². The molecule has 0 atom stereocenters. The number of nitrogens with one attached hydrogen (secondary N) is 1. The summed E-state index contributed by atoms with van der Waals surface area (Å²) in [6, 6.07) is 1.46. The number of aromatic nitrogens is 1. The van der Waals surface area contributed by atoms with E-state index in [0.29, 0.717) is 18.2 Å². The Kier molecular flexibility index (Phi) is 4.33. The van der Waals surface area contributed by atoms with E-state index in [0.717, 1.165) is 19.6 Å². The normalized spacial score (nSPS) is 18.1. The molecule has 0 saturated carbocycles. The molecule has 1 aromatic heterocycles. The molecule has 1 aliphatic rings. The van der Waals surface area contributed by atoms with Gasteiger partial charge in [0.15, 0.2) is 11.5 Å². The van der Waals surface area contributed by atoms with Crippen molar-refractivity contribution in [2.24, 2.45) is 5.92 Å². The summed E-state index contributed by atoms with van der Waals surface area (Å²) in [5.41, 5.74) is -0.0360. The lowest BCUT2D eigenvalue weighted by atomic mass is 9.97. The first-order valence-corrected chi connectivity index (χ1v) is 6.23. The molecule has 1 saturated heterocycles. The molecule has 6 heteroatoms. The predicted octanol–water partition coefficient (Wildman–Crippen LogP) is 0.804. The third kappa shape index (κ3) is 3.54. The van der Waals surface area contributed by atoms with Gasteiger partial charge < -0.3 is 19.8 Å². The van der Waals surface area contributed by atoms with E-state index in [1.807, 2.05) is 0 Å². The minimum absolute atomic E-state index is 0.0360. The third-order valence-electron chi connectivity index (χ3n) is 3.35. The number of aromatic carboxylic acids is 1. The van der Waals surface area contributed by atoms with Crippen LogP contribution in [0.3, 0.4) is 0 Å². The zero-order valence-corrected chi connectivity index (χ0v) is 10.6. The number of carboxylic acids is 1. The number of hydrogen-bond acceptors (Lipinski definition) is 5. The Hall–Kier alpha value is -1.40. The topological polar surface area (TPSA) is 78.6 Å². The maximum atomic E-state index is 10.6. The fourth-order valence-corrected chi connectivity index (χ4v) is 2.16. The molecule has 0 aliphatic carbocycles. The Labute approximate surface area is 106 Å². The molecule has 0 radical (unpaired) electrons. The summed E-state index contributed by atoms with van der Waals surface area (Å²) >= 11 is 0. The van der Waals surface area contributed by atoms with Gasteiger partial charge in [-0.3, -0.25) is 0 Å². The zero-order chi connectivity index (χ0) is 13.0. The fraction of sp³-hybridized carbons (Fsp3) is 0.667. The Bertz CT molecular complexity index is 397. The van der Waals surface area contributed by atoms with Gasteiger partial charge in [-0.05, 0) is 45.4 Å². The molecule has 6 nitrogen and oxygen atoms in total. The largest absolute Gasteiger partial charge is 0.476 e. The fourth-order valence-electron chi connectivity index (χ4n) is 2.16. The molecule has 18 heavy (non-hydrogen) atoms. The summed E-state index contributed by atoms with van der Waals surface area (Å²) in [7, 11) is 2.14. The first-order chi connectivity index (χ1) is 8.65. The molecule has 1 aromatic rings. The van der Waals surface area contributed by atoms with Gasteiger partial charge in [-0.2, -0.15) is 0 Å². The SMILES string of the molecule is CN1CCC(CNCc2cc(C(=O)O)no2)CC1. The van der Waals surface area contributed by atoms with E-state index in [-0.39, 0.29) is 5.69 Å². The van der Waals surface area contributed by atoms with Crippen LogP contribution in [0.2, 0.25) is 0 Å². The maximum absolute atomic E-state index is 10.6. The Balaban J connectivity index is 1.70. The molecular weight excluding hydrogens is 234 g/mol. The van der Waals surface area contributed by atoms with Crippen molar-refractivity contribution in [3.63, 3.8) is 0 Å². The summed E-state index contributed by atoms with van der Waals surface area (Å²) in [6.45, 7) is 3.78. The Morgan fingerprint density at radius 2 is 2.33 bits per heavy atom. The average molecular weight is 253 g/mol. The zero-order valence-electron chi connectivity index (χ0n) is 10.6. The predicted molar refractivity (Wildman–Crippen MR) is 65.4 cm³/mol. The molecule has 0 bridgehead atoms. The van der Waals surface area contributed by atoms with E-state index in [2.05, 4.69) is 22.4 Å². The first kappa shape index (κ1) is 13.0. The summed E-state index contributed by atoms with van der Waals surface area (Å²) in [5, 5.41) is 15.5. The molecule has 0 unspecified atom stereocenters. The average Bonchev–Trinajstić information content (AvgIpc) is 2.81. The highest BCUT2D eigenvalue weighted by molar-refractivity contribution is 5.85. The van der Waals surface area contributed by atoms with Crippen LogP contribution in [0.25, 0.3) is 0 Å². The van der Waals surface area contributed by atoms with Crippen molar-refractivity contribution in [3.8, 4) is 0 Å². The Morgan fingerprint density at radius 1 is 1.61 bits per heavy atom. The van der Waals surface area contributed by atoms with Crippen molar-refractivity contribution < 1.29 is 14.4 Å². The monoisotopic (exact) mass is 253 g/mol. The van der Waals surface area contributed by atoms with Crippen molar-refractivity contribution in [1.29, 1.82) is 0 Å². The van der Waals surface area contributed by atoms with Crippen molar-refractivity contribution in [1.82, 2.24) is 15.4 Å². The van der Waals surface area contributed by atoms with Crippen LogP contribution in [0.1, 0.15) is 29.1 Å². The number of hydrogen-bond donors (Lipinski definition) is 2. The van der Waals surface area contributed by atoms with Crippen LogP contribution in [-0.2, 0) is 6.54 Å². The van der Waals surface area contributed by atoms with Crippen molar-refractivity contribution >= 4 is 5.97 Å². The second-order valence-corrected chi connectivity index (χ2v) is 4.86. The van der Waals surface area contributed by atoms with Crippen molar-refractivity contribution in [2.45, 2.75) is 19.4 Å². The highest BCUT2D eigenvalue weighted by atomic mass is 16.5. The van der Waals surface area contributed by atoms with Crippen molar-refractivity contribution in [3.05, 3.63) is 17.5 Å². The minimum atomic E-state index is -1.06.